The highest BCUT2D eigenvalue weighted by Gasteiger charge is 2.27. The van der Waals surface area contributed by atoms with Gasteiger partial charge in [-0.15, -0.1) is 0 Å². The normalized spacial score (nSPS) is 12.4. The molecule has 0 aliphatic carbocycles. The quantitative estimate of drug-likeness (QED) is 0.312. The summed E-state index contributed by atoms with van der Waals surface area (Å²) in [6.45, 7) is 0. The Hall–Kier alpha value is -3.99. The molecule has 3 aromatic carbocycles. The number of fused-ring (bicyclic) bond motifs is 1. The minimum Gasteiger partial charge on any atom is -0.497 e. The van der Waals surface area contributed by atoms with Crippen LogP contribution in [0.25, 0.3) is 10.9 Å². The van der Waals surface area contributed by atoms with Gasteiger partial charge in [-0.3, -0.25) is 0 Å². The molecule has 0 bridgehead atoms. The van der Waals surface area contributed by atoms with E-state index in [9.17, 15) is 4.79 Å². The number of methoxy groups -OCH3 is 2. The monoisotopic (exact) mass is 412 g/mol. The molecule has 4 aromatic rings. The van der Waals surface area contributed by atoms with Gasteiger partial charge in [0.2, 0.25) is 0 Å². The van der Waals surface area contributed by atoms with E-state index in [1.54, 1.807) is 13.3 Å². The predicted molar refractivity (Wildman–Crippen MR) is 123 cm³/mol. The number of rotatable bonds is 7. The number of aromatic amines is 1. The van der Waals surface area contributed by atoms with Crippen LogP contribution in [0.4, 0.5) is 5.69 Å². The van der Waals surface area contributed by atoms with Crippen LogP contribution in [0.5, 0.6) is 5.75 Å². The van der Waals surface area contributed by atoms with Crippen molar-refractivity contribution in [2.24, 2.45) is 0 Å². The van der Waals surface area contributed by atoms with Gasteiger partial charge in [0.15, 0.2) is 0 Å². The third kappa shape index (κ3) is 4.31. The van der Waals surface area contributed by atoms with Crippen molar-refractivity contribution in [2.45, 2.75) is 5.92 Å². The molecule has 2 N–H and O–H groups in total. The SMILES string of the molecule is COC(=O)/C(=C\Nc1ccccc1)C(c1ccc(OC)cc1)c1c[nH]c2ccccc12. The Kier molecular flexibility index (Phi) is 6.03. The second kappa shape index (κ2) is 9.22. The summed E-state index contributed by atoms with van der Waals surface area (Å²) in [6, 6.07) is 25.5. The molecule has 0 saturated heterocycles. The first-order valence-corrected chi connectivity index (χ1v) is 10.0. The third-order valence-electron chi connectivity index (χ3n) is 5.28. The van der Waals surface area contributed by atoms with Gasteiger partial charge in [-0.1, -0.05) is 48.5 Å². The van der Waals surface area contributed by atoms with Gasteiger partial charge < -0.3 is 19.8 Å². The first-order chi connectivity index (χ1) is 15.2. The van der Waals surface area contributed by atoms with Gasteiger partial charge in [-0.25, -0.2) is 4.79 Å². The Morgan fingerprint density at radius 2 is 1.65 bits per heavy atom. The van der Waals surface area contributed by atoms with Crippen molar-refractivity contribution in [1.29, 1.82) is 0 Å². The molecule has 1 aromatic heterocycles. The molecule has 0 spiro atoms. The van der Waals surface area contributed by atoms with Crippen LogP contribution in [0.1, 0.15) is 17.0 Å². The highest BCUT2D eigenvalue weighted by molar-refractivity contribution is 5.94. The van der Waals surface area contributed by atoms with Crippen LogP contribution in [0.15, 0.2) is 96.8 Å². The smallest absolute Gasteiger partial charge is 0.336 e. The Morgan fingerprint density at radius 3 is 2.35 bits per heavy atom. The standard InChI is InChI=1S/C26H24N2O3/c1-30-20-14-12-18(13-15-20)25(22-16-28-24-11-7-6-10-21(22)24)23(26(29)31-2)17-27-19-8-4-3-5-9-19/h3-17,25,27-28H,1-2H3/b23-17-. The second-order valence-electron chi connectivity index (χ2n) is 7.10. The van der Waals surface area contributed by atoms with Crippen LogP contribution < -0.4 is 10.1 Å². The third-order valence-corrected chi connectivity index (χ3v) is 5.28. The van der Waals surface area contributed by atoms with Crippen molar-refractivity contribution >= 4 is 22.6 Å². The first kappa shape index (κ1) is 20.3. The first-order valence-electron chi connectivity index (χ1n) is 10.0. The van der Waals surface area contributed by atoms with Crippen molar-refractivity contribution < 1.29 is 14.3 Å². The van der Waals surface area contributed by atoms with Gasteiger partial charge >= 0.3 is 5.97 Å². The lowest BCUT2D eigenvalue weighted by molar-refractivity contribution is -0.136. The van der Waals surface area contributed by atoms with E-state index in [1.807, 2.05) is 79.0 Å². The van der Waals surface area contributed by atoms with Crippen LogP contribution in [-0.2, 0) is 9.53 Å². The summed E-state index contributed by atoms with van der Waals surface area (Å²) in [4.78, 5) is 16.3. The van der Waals surface area contributed by atoms with E-state index in [-0.39, 0.29) is 5.92 Å². The molecule has 4 rings (SSSR count). The van der Waals surface area contributed by atoms with Crippen molar-refractivity contribution in [3.63, 3.8) is 0 Å². The molecule has 0 aliphatic rings. The molecule has 0 aliphatic heterocycles. The molecule has 156 valence electrons. The van der Waals surface area contributed by atoms with E-state index in [2.05, 4.69) is 16.4 Å². The van der Waals surface area contributed by atoms with Crippen molar-refractivity contribution in [2.75, 3.05) is 19.5 Å². The fourth-order valence-electron chi connectivity index (χ4n) is 3.73. The van der Waals surface area contributed by atoms with Crippen LogP contribution in [0, 0.1) is 0 Å². The van der Waals surface area contributed by atoms with E-state index in [0.29, 0.717) is 5.57 Å². The molecule has 0 saturated carbocycles. The molecule has 0 fully saturated rings. The maximum Gasteiger partial charge on any atom is 0.336 e. The number of carbonyl (C=O) groups is 1. The van der Waals surface area contributed by atoms with Crippen molar-refractivity contribution in [3.05, 3.63) is 108 Å². The summed E-state index contributed by atoms with van der Waals surface area (Å²) in [7, 11) is 3.04. The minimum absolute atomic E-state index is 0.342. The van der Waals surface area contributed by atoms with Crippen LogP contribution in [0.3, 0.4) is 0 Å². The number of H-pyrrole nitrogens is 1. The maximum absolute atomic E-state index is 12.9. The van der Waals surface area contributed by atoms with Gasteiger partial charge in [-0.05, 0) is 41.5 Å². The largest absolute Gasteiger partial charge is 0.497 e. The molecule has 5 nitrogen and oxygen atoms in total. The molecular formula is C26H24N2O3. The summed E-state index contributed by atoms with van der Waals surface area (Å²) in [5.41, 5.74) is 4.35. The Bertz CT molecular complexity index is 1190. The number of esters is 1. The van der Waals surface area contributed by atoms with Crippen LogP contribution in [-0.4, -0.2) is 25.2 Å². The number of ether oxygens (including phenoxy) is 2. The number of carbonyl (C=O) groups excluding carboxylic acids is 1. The van der Waals surface area contributed by atoms with E-state index >= 15 is 0 Å². The highest BCUT2D eigenvalue weighted by Crippen LogP contribution is 2.37. The lowest BCUT2D eigenvalue weighted by Gasteiger charge is -2.20. The lowest BCUT2D eigenvalue weighted by atomic mass is 9.84. The summed E-state index contributed by atoms with van der Waals surface area (Å²) >= 11 is 0. The van der Waals surface area contributed by atoms with E-state index in [0.717, 1.165) is 33.5 Å². The fraction of sp³-hybridized carbons (Fsp3) is 0.115. The van der Waals surface area contributed by atoms with Crippen LogP contribution >= 0.6 is 0 Å². The van der Waals surface area contributed by atoms with Crippen molar-refractivity contribution in [1.82, 2.24) is 4.98 Å². The molecule has 31 heavy (non-hydrogen) atoms. The Labute approximate surface area is 181 Å². The van der Waals surface area contributed by atoms with Gasteiger partial charge in [-0.2, -0.15) is 0 Å². The zero-order valence-electron chi connectivity index (χ0n) is 17.5. The number of nitrogens with one attached hydrogen (secondary N) is 2. The lowest BCUT2D eigenvalue weighted by Crippen LogP contribution is -2.16. The van der Waals surface area contributed by atoms with E-state index in [1.165, 1.54) is 7.11 Å². The van der Waals surface area contributed by atoms with Gasteiger partial charge in [0.1, 0.15) is 5.75 Å². The zero-order valence-corrected chi connectivity index (χ0v) is 17.5. The van der Waals surface area contributed by atoms with E-state index in [4.69, 9.17) is 9.47 Å². The average Bonchev–Trinajstić information content (AvgIpc) is 3.26. The summed E-state index contributed by atoms with van der Waals surface area (Å²) in [5.74, 6) is 0.0210. The molecule has 1 heterocycles. The molecular weight excluding hydrogens is 388 g/mol. The van der Waals surface area contributed by atoms with Gasteiger partial charge in [0, 0.05) is 34.9 Å². The molecule has 0 amide bonds. The molecule has 5 heteroatoms. The van der Waals surface area contributed by atoms with E-state index < -0.39 is 5.97 Å². The fourth-order valence-corrected chi connectivity index (χ4v) is 3.73. The molecule has 1 atom stereocenters. The Balaban J connectivity index is 1.86. The molecule has 1 unspecified atom stereocenters. The summed E-state index contributed by atoms with van der Waals surface area (Å²) < 4.78 is 10.5. The number of hydrogen-bond donors (Lipinski definition) is 2. The Morgan fingerprint density at radius 1 is 0.935 bits per heavy atom. The van der Waals surface area contributed by atoms with Crippen LogP contribution in [0.2, 0.25) is 0 Å². The van der Waals surface area contributed by atoms with Gasteiger partial charge in [0.05, 0.1) is 19.8 Å². The second-order valence-corrected chi connectivity index (χ2v) is 7.10. The van der Waals surface area contributed by atoms with Crippen molar-refractivity contribution in [3.8, 4) is 5.75 Å². The minimum atomic E-state index is -0.394. The number of anilines is 1. The molecule has 0 radical (unpaired) electrons. The highest BCUT2D eigenvalue weighted by atomic mass is 16.5. The number of benzene rings is 3. The number of para-hydroxylation sites is 2. The number of hydrogen-bond acceptors (Lipinski definition) is 4. The maximum atomic E-state index is 12.9. The summed E-state index contributed by atoms with van der Waals surface area (Å²) in [5, 5.41) is 4.30. The topological polar surface area (TPSA) is 63.4 Å². The average molecular weight is 412 g/mol. The zero-order chi connectivity index (χ0) is 21.6. The summed E-state index contributed by atoms with van der Waals surface area (Å²) in [6.07, 6.45) is 3.69. The van der Waals surface area contributed by atoms with Gasteiger partial charge in [0.25, 0.3) is 0 Å². The number of aromatic nitrogens is 1. The predicted octanol–water partition coefficient (Wildman–Crippen LogP) is 5.48.